The van der Waals surface area contributed by atoms with Gasteiger partial charge in [0, 0.05) is 11.4 Å². The van der Waals surface area contributed by atoms with E-state index in [1.54, 1.807) is 42.5 Å². The maximum Gasteiger partial charge on any atom is 0.264 e. The Morgan fingerprint density at radius 3 is 2.03 bits per heavy atom. The second kappa shape index (κ2) is 11.5. The number of carbonyl (C=O) groups excluding carboxylic acids is 1. The van der Waals surface area contributed by atoms with Crippen molar-refractivity contribution < 1.29 is 21.6 Å². The van der Waals surface area contributed by atoms with Gasteiger partial charge in [-0.1, -0.05) is 53.6 Å². The van der Waals surface area contributed by atoms with Crippen LogP contribution in [0.15, 0.2) is 107 Å². The topological polar surface area (TPSA) is 113 Å². The van der Waals surface area contributed by atoms with Crippen molar-refractivity contribution in [3.63, 3.8) is 0 Å². The number of anilines is 3. The van der Waals surface area contributed by atoms with Gasteiger partial charge in [0.25, 0.3) is 20.0 Å². The van der Waals surface area contributed by atoms with Gasteiger partial charge in [0.2, 0.25) is 5.91 Å². The van der Waals surface area contributed by atoms with Gasteiger partial charge in [-0.25, -0.2) is 16.8 Å². The quantitative estimate of drug-likeness (QED) is 0.267. The third-order valence-electron chi connectivity index (χ3n) is 5.74. The number of aryl methyl sites for hydroxylation is 2. The summed E-state index contributed by atoms with van der Waals surface area (Å²) in [4.78, 5) is 13.0. The molecule has 0 aliphatic rings. The van der Waals surface area contributed by atoms with Crippen LogP contribution in [-0.2, 0) is 24.8 Å². The largest absolute Gasteiger partial charge is 0.325 e. The monoisotopic (exact) mass is 583 g/mol. The standard InChI is InChI=1S/C28H26ClN3O5S2/c1-20-10-14-25(15-11-20)39(36,37)32(27-9-4-3-8-26(27)29)19-28(33)30-22-12-16-24(17-13-22)38(34,35)31-23-7-5-6-21(2)18-23/h3-18,31H,19H2,1-2H3,(H,30,33). The van der Waals surface area contributed by atoms with E-state index in [0.29, 0.717) is 11.4 Å². The lowest BCUT2D eigenvalue weighted by Gasteiger charge is -2.25. The number of hydrogen-bond donors (Lipinski definition) is 2. The number of amides is 1. The van der Waals surface area contributed by atoms with Crippen LogP contribution in [0, 0.1) is 13.8 Å². The van der Waals surface area contributed by atoms with Gasteiger partial charge in [-0.2, -0.15) is 0 Å². The van der Waals surface area contributed by atoms with E-state index in [1.807, 2.05) is 19.9 Å². The maximum atomic E-state index is 13.5. The molecule has 11 heteroatoms. The summed E-state index contributed by atoms with van der Waals surface area (Å²) in [6.07, 6.45) is 0. The van der Waals surface area contributed by atoms with Crippen LogP contribution in [0.3, 0.4) is 0 Å². The number of benzene rings is 4. The van der Waals surface area contributed by atoms with Gasteiger partial charge in [-0.15, -0.1) is 0 Å². The smallest absolute Gasteiger partial charge is 0.264 e. The predicted molar refractivity (Wildman–Crippen MR) is 154 cm³/mol. The van der Waals surface area contributed by atoms with Gasteiger partial charge in [-0.3, -0.25) is 13.8 Å². The van der Waals surface area contributed by atoms with Gasteiger partial charge in [0.05, 0.1) is 20.5 Å². The molecule has 0 radical (unpaired) electrons. The zero-order valence-corrected chi connectivity index (χ0v) is 23.5. The van der Waals surface area contributed by atoms with Crippen LogP contribution < -0.4 is 14.3 Å². The van der Waals surface area contributed by atoms with E-state index < -0.39 is 32.5 Å². The molecule has 0 aromatic heterocycles. The molecule has 2 N–H and O–H groups in total. The van der Waals surface area contributed by atoms with Crippen molar-refractivity contribution in [3.8, 4) is 0 Å². The van der Waals surface area contributed by atoms with Crippen molar-refractivity contribution in [2.45, 2.75) is 23.6 Å². The summed E-state index contributed by atoms with van der Waals surface area (Å²) in [5.74, 6) is -0.640. The first-order valence-electron chi connectivity index (χ1n) is 11.8. The molecule has 0 bridgehead atoms. The van der Waals surface area contributed by atoms with Gasteiger partial charge in [-0.05, 0) is 80.1 Å². The Bertz CT molecular complexity index is 1710. The predicted octanol–water partition coefficient (Wildman–Crippen LogP) is 5.59. The summed E-state index contributed by atoms with van der Waals surface area (Å²) in [7, 11) is -7.99. The van der Waals surface area contributed by atoms with Crippen LogP contribution in [0.1, 0.15) is 11.1 Å². The van der Waals surface area contributed by atoms with Crippen molar-refractivity contribution in [1.82, 2.24) is 0 Å². The molecule has 8 nitrogen and oxygen atoms in total. The Hall–Kier alpha value is -3.86. The van der Waals surface area contributed by atoms with Gasteiger partial charge < -0.3 is 5.32 Å². The lowest BCUT2D eigenvalue weighted by molar-refractivity contribution is -0.114. The minimum atomic E-state index is -4.14. The summed E-state index contributed by atoms with van der Waals surface area (Å²) in [5.41, 5.74) is 2.67. The van der Waals surface area contributed by atoms with Crippen molar-refractivity contribution >= 4 is 54.6 Å². The number of nitrogens with one attached hydrogen (secondary N) is 2. The van der Waals surface area contributed by atoms with Crippen molar-refractivity contribution in [3.05, 3.63) is 113 Å². The van der Waals surface area contributed by atoms with Gasteiger partial charge >= 0.3 is 0 Å². The fourth-order valence-corrected chi connectivity index (χ4v) is 6.54. The molecule has 0 aliphatic heterocycles. The zero-order valence-electron chi connectivity index (χ0n) is 21.1. The third-order valence-corrected chi connectivity index (χ3v) is 9.23. The average molecular weight is 584 g/mol. The molecule has 4 rings (SSSR count). The summed E-state index contributed by atoms with van der Waals surface area (Å²) in [6.45, 7) is 3.13. The first kappa shape index (κ1) is 28.2. The Balaban J connectivity index is 1.54. The molecule has 4 aromatic carbocycles. The highest BCUT2D eigenvalue weighted by Crippen LogP contribution is 2.30. The normalized spacial score (nSPS) is 11.6. The van der Waals surface area contributed by atoms with Crippen LogP contribution in [0.5, 0.6) is 0 Å². The van der Waals surface area contributed by atoms with E-state index in [1.165, 1.54) is 48.5 Å². The third kappa shape index (κ3) is 6.78. The van der Waals surface area contributed by atoms with Crippen molar-refractivity contribution in [2.75, 3.05) is 20.9 Å². The average Bonchev–Trinajstić information content (AvgIpc) is 2.88. The highest BCUT2D eigenvalue weighted by molar-refractivity contribution is 7.93. The molecular formula is C28H26ClN3O5S2. The Labute approximate surface area is 233 Å². The number of halogens is 1. The molecular weight excluding hydrogens is 558 g/mol. The van der Waals surface area contributed by atoms with Crippen molar-refractivity contribution in [1.29, 1.82) is 0 Å². The molecule has 202 valence electrons. The molecule has 0 atom stereocenters. The summed E-state index contributed by atoms with van der Waals surface area (Å²) in [5, 5.41) is 2.79. The molecule has 0 heterocycles. The number of carbonyl (C=O) groups is 1. The summed E-state index contributed by atoms with van der Waals surface area (Å²) >= 11 is 6.31. The van der Waals surface area contributed by atoms with E-state index in [9.17, 15) is 21.6 Å². The van der Waals surface area contributed by atoms with Crippen LogP contribution >= 0.6 is 11.6 Å². The molecule has 39 heavy (non-hydrogen) atoms. The number of para-hydroxylation sites is 1. The maximum absolute atomic E-state index is 13.5. The highest BCUT2D eigenvalue weighted by Gasteiger charge is 2.28. The number of nitrogens with zero attached hydrogens (tertiary/aromatic N) is 1. The second-order valence-electron chi connectivity index (χ2n) is 8.82. The lowest BCUT2D eigenvalue weighted by Crippen LogP contribution is -2.38. The second-order valence-corrected chi connectivity index (χ2v) is 12.8. The number of sulfonamides is 2. The highest BCUT2D eigenvalue weighted by atomic mass is 35.5. The van der Waals surface area contributed by atoms with E-state index in [2.05, 4.69) is 10.0 Å². The van der Waals surface area contributed by atoms with E-state index in [0.717, 1.165) is 15.4 Å². The molecule has 0 spiro atoms. The SMILES string of the molecule is Cc1ccc(S(=O)(=O)N(CC(=O)Nc2ccc(S(=O)(=O)Nc3cccc(C)c3)cc2)c2ccccc2Cl)cc1. The molecule has 0 saturated carbocycles. The van der Waals surface area contributed by atoms with E-state index in [-0.39, 0.29) is 20.5 Å². The van der Waals surface area contributed by atoms with Crippen LogP contribution in [-0.4, -0.2) is 29.3 Å². The molecule has 0 saturated heterocycles. The zero-order chi connectivity index (χ0) is 28.2. The van der Waals surface area contributed by atoms with Crippen LogP contribution in [0.4, 0.5) is 17.1 Å². The number of rotatable bonds is 9. The summed E-state index contributed by atoms with van der Waals surface area (Å²) in [6, 6.07) is 25.1. The minimum Gasteiger partial charge on any atom is -0.325 e. The fraction of sp³-hybridized carbons (Fsp3) is 0.107. The van der Waals surface area contributed by atoms with Gasteiger partial charge in [0.15, 0.2) is 0 Å². The number of hydrogen-bond acceptors (Lipinski definition) is 5. The molecule has 0 aliphatic carbocycles. The molecule has 0 unspecified atom stereocenters. The van der Waals surface area contributed by atoms with Crippen molar-refractivity contribution in [2.24, 2.45) is 0 Å². The first-order chi connectivity index (χ1) is 18.5. The minimum absolute atomic E-state index is 0.00153. The van der Waals surface area contributed by atoms with Crippen LogP contribution in [0.25, 0.3) is 0 Å². The Morgan fingerprint density at radius 1 is 0.744 bits per heavy atom. The summed E-state index contributed by atoms with van der Waals surface area (Å²) < 4.78 is 56.0. The Kier molecular flexibility index (Phi) is 8.29. The van der Waals surface area contributed by atoms with Crippen LogP contribution in [0.2, 0.25) is 5.02 Å². The van der Waals surface area contributed by atoms with E-state index >= 15 is 0 Å². The molecule has 1 amide bonds. The molecule has 4 aromatic rings. The first-order valence-corrected chi connectivity index (χ1v) is 15.1. The fourth-order valence-electron chi connectivity index (χ4n) is 3.76. The lowest BCUT2D eigenvalue weighted by atomic mass is 10.2. The van der Waals surface area contributed by atoms with Gasteiger partial charge in [0.1, 0.15) is 6.54 Å². The molecule has 0 fully saturated rings. The van der Waals surface area contributed by atoms with E-state index in [4.69, 9.17) is 11.6 Å². The Morgan fingerprint density at radius 2 is 1.38 bits per heavy atom.